The summed E-state index contributed by atoms with van der Waals surface area (Å²) in [5.74, 6) is 1.55. The number of fused-ring (bicyclic) bond motifs is 1. The number of ether oxygens (including phenoxy) is 2. The summed E-state index contributed by atoms with van der Waals surface area (Å²) in [6, 6.07) is 12.1. The van der Waals surface area contributed by atoms with Crippen LogP contribution in [-0.4, -0.2) is 11.6 Å². The van der Waals surface area contributed by atoms with E-state index in [0.717, 1.165) is 35.8 Å². The fourth-order valence-corrected chi connectivity index (χ4v) is 1.86. The van der Waals surface area contributed by atoms with Crippen molar-refractivity contribution < 1.29 is 9.47 Å². The highest BCUT2D eigenvalue weighted by molar-refractivity contribution is 5.35. The SMILES string of the molecule is c1ccc(COc2cnc3c(c2)CCO3)cc1. The van der Waals surface area contributed by atoms with Gasteiger partial charge in [-0.1, -0.05) is 30.3 Å². The molecule has 3 rings (SSSR count). The summed E-state index contributed by atoms with van der Waals surface area (Å²) in [6.07, 6.45) is 2.64. The molecular formula is C14H13NO2. The van der Waals surface area contributed by atoms with Gasteiger partial charge in [-0.15, -0.1) is 0 Å². The van der Waals surface area contributed by atoms with E-state index in [9.17, 15) is 0 Å². The summed E-state index contributed by atoms with van der Waals surface area (Å²) < 4.78 is 11.0. The molecular weight excluding hydrogens is 214 g/mol. The Morgan fingerprint density at radius 2 is 2.12 bits per heavy atom. The second-order valence-electron chi connectivity index (χ2n) is 4.01. The van der Waals surface area contributed by atoms with Crippen LogP contribution >= 0.6 is 0 Å². The van der Waals surface area contributed by atoms with E-state index in [2.05, 4.69) is 4.98 Å². The fourth-order valence-electron chi connectivity index (χ4n) is 1.86. The fraction of sp³-hybridized carbons (Fsp3) is 0.214. The second kappa shape index (κ2) is 4.45. The molecule has 3 nitrogen and oxygen atoms in total. The number of hydrogen-bond acceptors (Lipinski definition) is 3. The average Bonchev–Trinajstić information content (AvgIpc) is 2.85. The van der Waals surface area contributed by atoms with Crippen molar-refractivity contribution in [1.82, 2.24) is 4.98 Å². The van der Waals surface area contributed by atoms with Crippen molar-refractivity contribution in [3.05, 3.63) is 53.7 Å². The van der Waals surface area contributed by atoms with E-state index in [4.69, 9.17) is 9.47 Å². The Kier molecular flexibility index (Phi) is 2.66. The van der Waals surface area contributed by atoms with Crippen molar-refractivity contribution >= 4 is 0 Å². The Labute approximate surface area is 100 Å². The summed E-state index contributed by atoms with van der Waals surface area (Å²) in [7, 11) is 0. The lowest BCUT2D eigenvalue weighted by Crippen LogP contribution is -1.96. The number of nitrogens with zero attached hydrogens (tertiary/aromatic N) is 1. The third-order valence-electron chi connectivity index (χ3n) is 2.76. The lowest BCUT2D eigenvalue weighted by Gasteiger charge is -2.06. The Balaban J connectivity index is 1.70. The molecule has 0 fully saturated rings. The van der Waals surface area contributed by atoms with E-state index >= 15 is 0 Å². The molecule has 0 N–H and O–H groups in total. The number of rotatable bonds is 3. The van der Waals surface area contributed by atoms with Gasteiger partial charge in [0.05, 0.1) is 12.8 Å². The highest BCUT2D eigenvalue weighted by Crippen LogP contribution is 2.26. The minimum absolute atomic E-state index is 0.572. The zero-order chi connectivity index (χ0) is 11.5. The van der Waals surface area contributed by atoms with Crippen molar-refractivity contribution in [2.75, 3.05) is 6.61 Å². The summed E-state index contributed by atoms with van der Waals surface area (Å²) in [4.78, 5) is 4.22. The van der Waals surface area contributed by atoms with E-state index < -0.39 is 0 Å². The molecule has 0 saturated heterocycles. The monoisotopic (exact) mass is 227 g/mol. The van der Waals surface area contributed by atoms with E-state index in [1.807, 2.05) is 36.4 Å². The van der Waals surface area contributed by atoms with Gasteiger partial charge in [0, 0.05) is 12.0 Å². The van der Waals surface area contributed by atoms with E-state index in [0.29, 0.717) is 6.61 Å². The average molecular weight is 227 g/mol. The zero-order valence-corrected chi connectivity index (χ0v) is 9.43. The summed E-state index contributed by atoms with van der Waals surface area (Å²) >= 11 is 0. The molecule has 2 heterocycles. The number of aromatic nitrogens is 1. The molecule has 0 atom stereocenters. The van der Waals surface area contributed by atoms with Gasteiger partial charge in [0.1, 0.15) is 12.4 Å². The second-order valence-corrected chi connectivity index (χ2v) is 4.01. The van der Waals surface area contributed by atoms with E-state index in [1.165, 1.54) is 0 Å². The van der Waals surface area contributed by atoms with Crippen molar-refractivity contribution in [2.45, 2.75) is 13.0 Å². The van der Waals surface area contributed by atoms with Crippen molar-refractivity contribution in [1.29, 1.82) is 0 Å². The molecule has 0 spiro atoms. The molecule has 1 aromatic carbocycles. The Hall–Kier alpha value is -2.03. The normalized spacial score (nSPS) is 12.9. The molecule has 3 heteroatoms. The van der Waals surface area contributed by atoms with Gasteiger partial charge in [-0.2, -0.15) is 0 Å². The van der Waals surface area contributed by atoms with Gasteiger partial charge in [-0.05, 0) is 11.6 Å². The summed E-state index contributed by atoms with van der Waals surface area (Å²) in [6.45, 7) is 1.30. The molecule has 1 aliphatic heterocycles. The molecule has 0 radical (unpaired) electrons. The first-order valence-electron chi connectivity index (χ1n) is 5.70. The minimum Gasteiger partial charge on any atom is -0.487 e. The maximum absolute atomic E-state index is 5.70. The molecule has 0 unspecified atom stereocenters. The van der Waals surface area contributed by atoms with Crippen LogP contribution in [0.4, 0.5) is 0 Å². The quantitative estimate of drug-likeness (QED) is 0.807. The van der Waals surface area contributed by atoms with Crippen LogP contribution in [0.25, 0.3) is 0 Å². The van der Waals surface area contributed by atoms with Crippen LogP contribution in [0.5, 0.6) is 11.6 Å². The van der Waals surface area contributed by atoms with Crippen LogP contribution in [0.3, 0.4) is 0 Å². The highest BCUT2D eigenvalue weighted by Gasteiger charge is 2.13. The van der Waals surface area contributed by atoms with Crippen LogP contribution in [-0.2, 0) is 13.0 Å². The first-order chi connectivity index (χ1) is 8.42. The van der Waals surface area contributed by atoms with Crippen LogP contribution < -0.4 is 9.47 Å². The maximum atomic E-state index is 5.70. The third-order valence-corrected chi connectivity index (χ3v) is 2.76. The lowest BCUT2D eigenvalue weighted by atomic mass is 10.2. The minimum atomic E-state index is 0.572. The van der Waals surface area contributed by atoms with Gasteiger partial charge in [0.25, 0.3) is 0 Å². The Bertz CT molecular complexity index is 511. The predicted molar refractivity (Wildman–Crippen MR) is 64.2 cm³/mol. The molecule has 0 amide bonds. The number of hydrogen-bond donors (Lipinski definition) is 0. The molecule has 1 aliphatic rings. The number of benzene rings is 1. The first kappa shape index (κ1) is 10.1. The van der Waals surface area contributed by atoms with Crippen molar-refractivity contribution in [3.8, 4) is 11.6 Å². The molecule has 0 saturated carbocycles. The molecule has 2 aromatic rings. The summed E-state index contributed by atoms with van der Waals surface area (Å²) in [5.41, 5.74) is 2.29. The smallest absolute Gasteiger partial charge is 0.216 e. The highest BCUT2D eigenvalue weighted by atomic mass is 16.5. The Morgan fingerprint density at radius 3 is 3.00 bits per heavy atom. The van der Waals surface area contributed by atoms with Gasteiger partial charge in [-0.3, -0.25) is 0 Å². The maximum Gasteiger partial charge on any atom is 0.216 e. The standard InChI is InChI=1S/C14H13NO2/c1-2-4-11(5-3-1)10-17-13-8-12-6-7-16-14(12)15-9-13/h1-5,8-9H,6-7,10H2. The Morgan fingerprint density at radius 1 is 1.24 bits per heavy atom. The molecule has 86 valence electrons. The van der Waals surface area contributed by atoms with Crippen LogP contribution in [0.1, 0.15) is 11.1 Å². The number of pyridine rings is 1. The van der Waals surface area contributed by atoms with Gasteiger partial charge in [0.2, 0.25) is 5.88 Å². The summed E-state index contributed by atoms with van der Waals surface area (Å²) in [5, 5.41) is 0. The van der Waals surface area contributed by atoms with Gasteiger partial charge in [0.15, 0.2) is 0 Å². The molecule has 0 aliphatic carbocycles. The first-order valence-corrected chi connectivity index (χ1v) is 5.70. The predicted octanol–water partition coefficient (Wildman–Crippen LogP) is 2.60. The molecule has 17 heavy (non-hydrogen) atoms. The van der Waals surface area contributed by atoms with Crippen LogP contribution in [0, 0.1) is 0 Å². The van der Waals surface area contributed by atoms with Crippen LogP contribution in [0.2, 0.25) is 0 Å². The third kappa shape index (κ3) is 2.23. The van der Waals surface area contributed by atoms with Crippen LogP contribution in [0.15, 0.2) is 42.6 Å². The largest absolute Gasteiger partial charge is 0.487 e. The van der Waals surface area contributed by atoms with Gasteiger partial charge >= 0.3 is 0 Å². The van der Waals surface area contributed by atoms with Gasteiger partial charge in [-0.25, -0.2) is 4.98 Å². The molecule has 0 bridgehead atoms. The van der Waals surface area contributed by atoms with Crippen molar-refractivity contribution in [2.24, 2.45) is 0 Å². The van der Waals surface area contributed by atoms with Gasteiger partial charge < -0.3 is 9.47 Å². The van der Waals surface area contributed by atoms with E-state index in [-0.39, 0.29) is 0 Å². The zero-order valence-electron chi connectivity index (χ0n) is 9.43. The lowest BCUT2D eigenvalue weighted by molar-refractivity contribution is 0.303. The van der Waals surface area contributed by atoms with Crippen molar-refractivity contribution in [3.63, 3.8) is 0 Å². The molecule has 1 aromatic heterocycles. The topological polar surface area (TPSA) is 31.4 Å². The van der Waals surface area contributed by atoms with E-state index in [1.54, 1.807) is 6.20 Å².